The second-order valence-corrected chi connectivity index (χ2v) is 7.97. The lowest BCUT2D eigenvalue weighted by Crippen LogP contribution is -2.47. The van der Waals surface area contributed by atoms with Crippen molar-refractivity contribution in [1.29, 1.82) is 0 Å². The fourth-order valence-electron chi connectivity index (χ4n) is 3.30. The summed E-state index contributed by atoms with van der Waals surface area (Å²) in [5.41, 5.74) is 1.87. The van der Waals surface area contributed by atoms with Crippen molar-refractivity contribution >= 4 is 29.5 Å². The number of urea groups is 1. The number of imide groups is 1. The van der Waals surface area contributed by atoms with Crippen molar-refractivity contribution in [1.82, 2.24) is 10.6 Å². The second kappa shape index (κ2) is 10.2. The van der Waals surface area contributed by atoms with Crippen LogP contribution in [0.2, 0.25) is 0 Å². The third-order valence-corrected chi connectivity index (χ3v) is 5.15. The summed E-state index contributed by atoms with van der Waals surface area (Å²) in [7, 11) is 0. The van der Waals surface area contributed by atoms with Gasteiger partial charge in [-0.05, 0) is 44.7 Å². The van der Waals surface area contributed by atoms with Crippen LogP contribution >= 0.6 is 0 Å². The minimum atomic E-state index is -1.15. The Morgan fingerprint density at radius 1 is 1.17 bits per heavy atom. The molecule has 0 bridgehead atoms. The molecule has 0 saturated carbocycles. The van der Waals surface area contributed by atoms with Crippen LogP contribution in [0.1, 0.15) is 58.9 Å². The van der Waals surface area contributed by atoms with E-state index in [0.717, 1.165) is 17.7 Å². The predicted molar refractivity (Wildman–Crippen MR) is 113 cm³/mol. The van der Waals surface area contributed by atoms with Gasteiger partial charge in [-0.25, -0.2) is 4.79 Å². The standard InChI is InChI=1S/C22H31N3O5/c1-6-14(4)17-9-7-8-10-18(17)25-12-16(11-19(25)26)21(28)30-15(5)20(27)24-22(29)23-13(2)3/h7-10,13-16H,6,11-12H2,1-5H3,(H2,23,24,27,29)/t14-,15+,16+/m1/s1. The number of carbonyl (C=O) groups is 4. The van der Waals surface area contributed by atoms with Crippen LogP contribution in [0.15, 0.2) is 24.3 Å². The highest BCUT2D eigenvalue weighted by molar-refractivity contribution is 6.01. The summed E-state index contributed by atoms with van der Waals surface area (Å²) in [4.78, 5) is 50.5. The summed E-state index contributed by atoms with van der Waals surface area (Å²) < 4.78 is 5.22. The molecule has 1 saturated heterocycles. The number of anilines is 1. The maximum Gasteiger partial charge on any atom is 0.321 e. The Hall–Kier alpha value is -2.90. The molecule has 8 nitrogen and oxygen atoms in total. The number of rotatable bonds is 7. The number of carbonyl (C=O) groups excluding carboxylic acids is 4. The third-order valence-electron chi connectivity index (χ3n) is 5.15. The fraction of sp³-hybridized carbons (Fsp3) is 0.545. The van der Waals surface area contributed by atoms with Crippen molar-refractivity contribution in [2.24, 2.45) is 5.92 Å². The van der Waals surface area contributed by atoms with Gasteiger partial charge in [0.05, 0.1) is 5.92 Å². The van der Waals surface area contributed by atoms with Gasteiger partial charge in [-0.2, -0.15) is 0 Å². The summed E-state index contributed by atoms with van der Waals surface area (Å²) >= 11 is 0. The first-order chi connectivity index (χ1) is 14.1. The topological polar surface area (TPSA) is 105 Å². The monoisotopic (exact) mass is 417 g/mol. The van der Waals surface area contributed by atoms with Crippen LogP contribution in [0, 0.1) is 5.92 Å². The lowest BCUT2D eigenvalue weighted by molar-refractivity contribution is -0.158. The molecule has 0 aromatic heterocycles. The molecular formula is C22H31N3O5. The summed E-state index contributed by atoms with van der Waals surface area (Å²) in [6.45, 7) is 9.30. The Balaban J connectivity index is 2.00. The van der Waals surface area contributed by atoms with Crippen molar-refractivity contribution in [3.8, 4) is 0 Å². The molecule has 4 amide bonds. The highest BCUT2D eigenvalue weighted by Gasteiger charge is 2.38. The van der Waals surface area contributed by atoms with Gasteiger partial charge in [0.15, 0.2) is 6.10 Å². The van der Waals surface area contributed by atoms with Crippen molar-refractivity contribution in [3.05, 3.63) is 29.8 Å². The summed E-state index contributed by atoms with van der Waals surface area (Å²) in [6.07, 6.45) is -0.191. The first kappa shape index (κ1) is 23.4. The van der Waals surface area contributed by atoms with E-state index in [1.165, 1.54) is 6.92 Å². The van der Waals surface area contributed by atoms with E-state index in [2.05, 4.69) is 24.5 Å². The average molecular weight is 418 g/mol. The average Bonchev–Trinajstić information content (AvgIpc) is 3.08. The number of nitrogens with one attached hydrogen (secondary N) is 2. The van der Waals surface area contributed by atoms with Gasteiger partial charge in [0, 0.05) is 24.7 Å². The molecule has 0 radical (unpaired) electrons. The SMILES string of the molecule is CC[C@@H](C)c1ccccc1N1C[C@@H](C(=O)O[C@@H](C)C(=O)NC(=O)NC(C)C)CC1=O. The molecule has 164 valence electrons. The molecule has 3 atom stereocenters. The fourth-order valence-corrected chi connectivity index (χ4v) is 3.30. The molecule has 2 N–H and O–H groups in total. The van der Waals surface area contributed by atoms with Gasteiger partial charge in [-0.3, -0.25) is 19.7 Å². The van der Waals surface area contributed by atoms with Crippen LogP contribution in [0.25, 0.3) is 0 Å². The number of nitrogens with zero attached hydrogens (tertiary/aromatic N) is 1. The number of esters is 1. The number of amides is 4. The molecule has 8 heteroatoms. The maximum absolute atomic E-state index is 12.6. The first-order valence-corrected chi connectivity index (χ1v) is 10.3. The van der Waals surface area contributed by atoms with E-state index in [0.29, 0.717) is 0 Å². The second-order valence-electron chi connectivity index (χ2n) is 7.97. The van der Waals surface area contributed by atoms with E-state index in [4.69, 9.17) is 4.74 Å². The Labute approximate surface area is 177 Å². The Morgan fingerprint density at radius 2 is 1.83 bits per heavy atom. The van der Waals surface area contributed by atoms with E-state index in [-0.39, 0.29) is 30.8 Å². The zero-order valence-electron chi connectivity index (χ0n) is 18.2. The minimum Gasteiger partial charge on any atom is -0.452 e. The number of para-hydroxylation sites is 1. The van der Waals surface area contributed by atoms with Gasteiger partial charge in [0.2, 0.25) is 5.91 Å². The van der Waals surface area contributed by atoms with Gasteiger partial charge in [-0.1, -0.05) is 32.0 Å². The Morgan fingerprint density at radius 3 is 2.47 bits per heavy atom. The van der Waals surface area contributed by atoms with E-state index in [9.17, 15) is 19.2 Å². The molecule has 1 aliphatic rings. The number of benzene rings is 1. The molecule has 30 heavy (non-hydrogen) atoms. The quantitative estimate of drug-likeness (QED) is 0.664. The Bertz CT molecular complexity index is 808. The zero-order valence-corrected chi connectivity index (χ0v) is 18.2. The molecule has 1 fully saturated rings. The third kappa shape index (κ3) is 5.81. The van der Waals surface area contributed by atoms with E-state index in [1.807, 2.05) is 24.3 Å². The van der Waals surface area contributed by atoms with E-state index in [1.54, 1.807) is 18.7 Å². The van der Waals surface area contributed by atoms with Crippen LogP contribution in [0.5, 0.6) is 0 Å². The minimum absolute atomic E-state index is 0.0237. The van der Waals surface area contributed by atoms with Gasteiger partial charge in [0.25, 0.3) is 5.91 Å². The zero-order chi connectivity index (χ0) is 22.4. The summed E-state index contributed by atoms with van der Waals surface area (Å²) in [6, 6.07) is 6.90. The molecule has 0 aliphatic carbocycles. The van der Waals surface area contributed by atoms with Gasteiger partial charge in [0.1, 0.15) is 0 Å². The molecule has 1 aliphatic heterocycles. The van der Waals surface area contributed by atoms with Crippen LogP contribution in [-0.2, 0) is 19.1 Å². The van der Waals surface area contributed by atoms with Crippen molar-refractivity contribution in [2.45, 2.75) is 65.5 Å². The van der Waals surface area contributed by atoms with Gasteiger partial charge >= 0.3 is 12.0 Å². The van der Waals surface area contributed by atoms with Crippen molar-refractivity contribution in [2.75, 3.05) is 11.4 Å². The highest BCUT2D eigenvalue weighted by atomic mass is 16.5. The molecule has 0 spiro atoms. The Kier molecular flexibility index (Phi) is 7.97. The molecule has 1 aromatic carbocycles. The van der Waals surface area contributed by atoms with Crippen LogP contribution in [-0.4, -0.2) is 42.5 Å². The van der Waals surface area contributed by atoms with Gasteiger partial charge < -0.3 is 15.0 Å². The number of ether oxygens (including phenoxy) is 1. The number of hydrogen-bond donors (Lipinski definition) is 2. The largest absolute Gasteiger partial charge is 0.452 e. The predicted octanol–water partition coefficient (Wildman–Crippen LogP) is 2.72. The molecule has 2 rings (SSSR count). The normalized spacial score (nSPS) is 18.1. The maximum atomic E-state index is 12.6. The van der Waals surface area contributed by atoms with Gasteiger partial charge in [-0.15, -0.1) is 0 Å². The lowest BCUT2D eigenvalue weighted by Gasteiger charge is -2.23. The van der Waals surface area contributed by atoms with Crippen molar-refractivity contribution < 1.29 is 23.9 Å². The summed E-state index contributed by atoms with van der Waals surface area (Å²) in [5.74, 6) is -1.88. The van der Waals surface area contributed by atoms with Crippen molar-refractivity contribution in [3.63, 3.8) is 0 Å². The lowest BCUT2D eigenvalue weighted by atomic mass is 9.96. The van der Waals surface area contributed by atoms with Crippen LogP contribution < -0.4 is 15.5 Å². The van der Waals surface area contributed by atoms with Crippen LogP contribution in [0.4, 0.5) is 10.5 Å². The van der Waals surface area contributed by atoms with E-state index < -0.39 is 29.9 Å². The molecule has 0 unspecified atom stereocenters. The highest BCUT2D eigenvalue weighted by Crippen LogP contribution is 2.33. The smallest absolute Gasteiger partial charge is 0.321 e. The molecule has 1 aromatic rings. The molecular weight excluding hydrogens is 386 g/mol. The molecule has 1 heterocycles. The van der Waals surface area contributed by atoms with E-state index >= 15 is 0 Å². The summed E-state index contributed by atoms with van der Waals surface area (Å²) in [5, 5.41) is 4.66. The number of hydrogen-bond acceptors (Lipinski definition) is 5. The van der Waals surface area contributed by atoms with Crippen LogP contribution in [0.3, 0.4) is 0 Å². The first-order valence-electron chi connectivity index (χ1n) is 10.3.